The van der Waals surface area contributed by atoms with E-state index in [9.17, 15) is 4.79 Å². The van der Waals surface area contributed by atoms with Crippen LogP contribution >= 0.6 is 15.9 Å². The smallest absolute Gasteiger partial charge is 0.230 e. The third-order valence-corrected chi connectivity index (χ3v) is 3.41. The van der Waals surface area contributed by atoms with Crippen molar-refractivity contribution in [3.05, 3.63) is 22.6 Å². The summed E-state index contributed by atoms with van der Waals surface area (Å²) in [4.78, 5) is 12.0. The molecule has 0 bridgehead atoms. The van der Waals surface area contributed by atoms with Gasteiger partial charge < -0.3 is 9.15 Å². The molecule has 0 amide bonds. The van der Waals surface area contributed by atoms with Gasteiger partial charge in [0.15, 0.2) is 5.76 Å². The van der Waals surface area contributed by atoms with Gasteiger partial charge in [-0.15, -0.1) is 0 Å². The molecule has 0 N–H and O–H groups in total. The van der Waals surface area contributed by atoms with Crippen LogP contribution in [0.4, 0.5) is 0 Å². The number of furan rings is 1. The summed E-state index contributed by atoms with van der Waals surface area (Å²) in [6, 6.07) is 1.72. The highest BCUT2D eigenvalue weighted by atomic mass is 79.9. The number of halogens is 1. The average molecular weight is 259 g/mol. The van der Waals surface area contributed by atoms with Crippen molar-refractivity contribution in [1.29, 1.82) is 0 Å². The SMILES string of the molecule is COC1(C(=O)c2occc2Br)CCC1. The van der Waals surface area contributed by atoms with Gasteiger partial charge in [0.1, 0.15) is 5.60 Å². The van der Waals surface area contributed by atoms with E-state index in [1.165, 1.54) is 6.26 Å². The van der Waals surface area contributed by atoms with Crippen molar-refractivity contribution in [2.24, 2.45) is 0 Å². The zero-order chi connectivity index (χ0) is 10.2. The number of ketones is 1. The second-order valence-electron chi connectivity index (χ2n) is 3.48. The molecule has 14 heavy (non-hydrogen) atoms. The number of Topliss-reactive ketones (excluding diaryl/α,β-unsaturated/α-hetero) is 1. The molecule has 1 heterocycles. The molecule has 0 aromatic carbocycles. The summed E-state index contributed by atoms with van der Waals surface area (Å²) in [5.74, 6) is 0.315. The summed E-state index contributed by atoms with van der Waals surface area (Å²) >= 11 is 3.27. The third kappa shape index (κ3) is 1.33. The lowest BCUT2D eigenvalue weighted by Crippen LogP contribution is -2.47. The second kappa shape index (κ2) is 3.51. The molecule has 1 aromatic rings. The van der Waals surface area contributed by atoms with Crippen LogP contribution in [0.2, 0.25) is 0 Å². The minimum atomic E-state index is -0.625. The zero-order valence-corrected chi connectivity index (χ0v) is 9.46. The summed E-state index contributed by atoms with van der Waals surface area (Å²) in [5, 5.41) is 0. The van der Waals surface area contributed by atoms with Crippen LogP contribution in [-0.4, -0.2) is 18.5 Å². The molecular weight excluding hydrogens is 248 g/mol. The van der Waals surface area contributed by atoms with Gasteiger partial charge in [-0.05, 0) is 41.3 Å². The average Bonchev–Trinajstić information content (AvgIpc) is 2.50. The first-order valence-electron chi connectivity index (χ1n) is 4.52. The van der Waals surface area contributed by atoms with Gasteiger partial charge in [0.2, 0.25) is 5.78 Å². The van der Waals surface area contributed by atoms with Gasteiger partial charge >= 0.3 is 0 Å². The molecule has 0 unspecified atom stereocenters. The van der Waals surface area contributed by atoms with Gasteiger partial charge in [0, 0.05) is 7.11 Å². The Morgan fingerprint density at radius 1 is 1.64 bits per heavy atom. The topological polar surface area (TPSA) is 39.4 Å². The Kier molecular flexibility index (Phi) is 2.49. The molecule has 0 atom stereocenters. The fourth-order valence-electron chi connectivity index (χ4n) is 1.68. The van der Waals surface area contributed by atoms with Crippen LogP contribution in [0.3, 0.4) is 0 Å². The summed E-state index contributed by atoms with van der Waals surface area (Å²) < 4.78 is 11.1. The molecule has 1 aliphatic rings. The van der Waals surface area contributed by atoms with Crippen molar-refractivity contribution in [2.45, 2.75) is 24.9 Å². The molecule has 1 aromatic heterocycles. The van der Waals surface area contributed by atoms with Gasteiger partial charge in [-0.25, -0.2) is 0 Å². The van der Waals surface area contributed by atoms with Crippen LogP contribution in [0.5, 0.6) is 0 Å². The Hall–Kier alpha value is -0.610. The summed E-state index contributed by atoms with van der Waals surface area (Å²) in [6.07, 6.45) is 4.11. The maximum absolute atomic E-state index is 12.0. The molecule has 76 valence electrons. The largest absolute Gasteiger partial charge is 0.460 e. The van der Waals surface area contributed by atoms with Crippen molar-refractivity contribution >= 4 is 21.7 Å². The maximum Gasteiger partial charge on any atom is 0.230 e. The zero-order valence-electron chi connectivity index (χ0n) is 7.88. The fourth-order valence-corrected chi connectivity index (χ4v) is 2.07. The van der Waals surface area contributed by atoms with Gasteiger partial charge in [-0.3, -0.25) is 4.79 Å². The van der Waals surface area contributed by atoms with Crippen molar-refractivity contribution in [2.75, 3.05) is 7.11 Å². The Morgan fingerprint density at radius 2 is 2.36 bits per heavy atom. The van der Waals surface area contributed by atoms with Gasteiger partial charge in [0.05, 0.1) is 10.7 Å². The number of rotatable bonds is 3. The second-order valence-corrected chi connectivity index (χ2v) is 4.33. The number of carbonyl (C=O) groups excluding carboxylic acids is 1. The number of hydrogen-bond donors (Lipinski definition) is 0. The first kappa shape index (κ1) is 9.93. The molecule has 0 spiro atoms. The van der Waals surface area contributed by atoms with Crippen LogP contribution < -0.4 is 0 Å². The molecule has 1 aliphatic carbocycles. The van der Waals surface area contributed by atoms with E-state index in [2.05, 4.69) is 15.9 Å². The van der Waals surface area contributed by atoms with Gasteiger partial charge in [0.25, 0.3) is 0 Å². The Bertz CT molecular complexity index is 346. The number of methoxy groups -OCH3 is 1. The Balaban J connectivity index is 2.27. The Morgan fingerprint density at radius 3 is 2.71 bits per heavy atom. The number of carbonyl (C=O) groups is 1. The molecule has 4 heteroatoms. The van der Waals surface area contributed by atoms with E-state index < -0.39 is 5.60 Å². The van der Waals surface area contributed by atoms with Gasteiger partial charge in [-0.2, -0.15) is 0 Å². The molecule has 0 radical (unpaired) electrons. The Labute approximate surface area is 90.6 Å². The third-order valence-electron chi connectivity index (χ3n) is 2.79. The first-order valence-corrected chi connectivity index (χ1v) is 5.32. The summed E-state index contributed by atoms with van der Waals surface area (Å²) in [7, 11) is 1.58. The highest BCUT2D eigenvalue weighted by molar-refractivity contribution is 9.10. The molecule has 1 saturated carbocycles. The van der Waals surface area contributed by atoms with Crippen LogP contribution in [0.1, 0.15) is 29.8 Å². The summed E-state index contributed by atoms with van der Waals surface area (Å²) in [5.41, 5.74) is -0.625. The number of ether oxygens (including phenoxy) is 1. The standard InChI is InChI=1S/C10H11BrO3/c1-13-10(4-2-5-10)9(12)8-7(11)3-6-14-8/h3,6H,2,4-5H2,1H3. The van der Waals surface area contributed by atoms with Crippen LogP contribution in [0.15, 0.2) is 21.2 Å². The van der Waals surface area contributed by atoms with Crippen LogP contribution in [0, 0.1) is 0 Å². The minimum absolute atomic E-state index is 0.0527. The van der Waals surface area contributed by atoms with E-state index in [0.717, 1.165) is 19.3 Å². The van der Waals surface area contributed by atoms with Crippen molar-refractivity contribution in [1.82, 2.24) is 0 Å². The highest BCUT2D eigenvalue weighted by Crippen LogP contribution is 2.39. The lowest BCUT2D eigenvalue weighted by Gasteiger charge is -2.38. The van der Waals surface area contributed by atoms with E-state index >= 15 is 0 Å². The molecular formula is C10H11BrO3. The molecule has 1 fully saturated rings. The lowest BCUT2D eigenvalue weighted by molar-refractivity contribution is -0.0464. The van der Waals surface area contributed by atoms with Gasteiger partial charge in [-0.1, -0.05) is 0 Å². The predicted molar refractivity (Wildman–Crippen MR) is 54.3 cm³/mol. The quantitative estimate of drug-likeness (QED) is 0.783. The predicted octanol–water partition coefficient (Wildman–Crippen LogP) is 2.79. The lowest BCUT2D eigenvalue weighted by atomic mass is 9.76. The van der Waals surface area contributed by atoms with Crippen LogP contribution in [-0.2, 0) is 4.74 Å². The van der Waals surface area contributed by atoms with E-state index in [1.54, 1.807) is 13.2 Å². The van der Waals surface area contributed by atoms with Crippen LogP contribution in [0.25, 0.3) is 0 Å². The molecule has 3 nitrogen and oxygen atoms in total. The number of hydrogen-bond acceptors (Lipinski definition) is 3. The normalized spacial score (nSPS) is 19.0. The van der Waals surface area contributed by atoms with Crippen molar-refractivity contribution in [3.8, 4) is 0 Å². The molecule has 2 rings (SSSR count). The maximum atomic E-state index is 12.0. The van der Waals surface area contributed by atoms with E-state index in [1.807, 2.05) is 0 Å². The van der Waals surface area contributed by atoms with E-state index in [4.69, 9.17) is 9.15 Å². The molecule has 0 aliphatic heterocycles. The summed E-state index contributed by atoms with van der Waals surface area (Å²) in [6.45, 7) is 0. The van der Waals surface area contributed by atoms with E-state index in [0.29, 0.717) is 10.2 Å². The van der Waals surface area contributed by atoms with Crippen molar-refractivity contribution < 1.29 is 13.9 Å². The van der Waals surface area contributed by atoms with Crippen molar-refractivity contribution in [3.63, 3.8) is 0 Å². The fraction of sp³-hybridized carbons (Fsp3) is 0.500. The van der Waals surface area contributed by atoms with E-state index in [-0.39, 0.29) is 5.78 Å². The minimum Gasteiger partial charge on any atom is -0.460 e. The molecule has 0 saturated heterocycles. The first-order chi connectivity index (χ1) is 6.69. The monoisotopic (exact) mass is 258 g/mol. The highest BCUT2D eigenvalue weighted by Gasteiger charge is 2.46.